The number of benzene rings is 3. The number of anilines is 1. The van der Waals surface area contributed by atoms with Gasteiger partial charge < -0.3 is 24.3 Å². The van der Waals surface area contributed by atoms with Crippen molar-refractivity contribution >= 4 is 23.6 Å². The second-order valence-corrected chi connectivity index (χ2v) is 12.6. The van der Waals surface area contributed by atoms with E-state index >= 15 is 0 Å². The quantitative estimate of drug-likeness (QED) is 0.159. The highest BCUT2D eigenvalue weighted by atomic mass is 19.4. The van der Waals surface area contributed by atoms with E-state index in [-0.39, 0.29) is 18.9 Å². The molecule has 0 N–H and O–H groups in total. The summed E-state index contributed by atoms with van der Waals surface area (Å²) in [7, 11) is 3.69. The zero-order valence-corrected chi connectivity index (χ0v) is 28.9. The average molecular weight is 701 g/mol. The molecule has 0 spiro atoms. The fraction of sp³-hybridized carbons (Fsp3) is 0.333. The first-order valence-corrected chi connectivity index (χ1v) is 16.9. The molecule has 0 saturated carbocycles. The van der Waals surface area contributed by atoms with Crippen molar-refractivity contribution in [3.63, 3.8) is 0 Å². The van der Waals surface area contributed by atoms with Crippen LogP contribution in [-0.4, -0.2) is 96.0 Å². The van der Waals surface area contributed by atoms with E-state index in [0.717, 1.165) is 47.6 Å². The number of alkyl halides is 3. The molecule has 2 heterocycles. The maximum atomic E-state index is 14.4. The number of hydrogen-bond acceptors (Lipinski definition) is 7. The van der Waals surface area contributed by atoms with Gasteiger partial charge in [0, 0.05) is 82.5 Å². The van der Waals surface area contributed by atoms with Crippen molar-refractivity contribution in [1.82, 2.24) is 24.7 Å². The lowest BCUT2D eigenvalue weighted by Gasteiger charge is -2.34. The largest absolute Gasteiger partial charge is 0.416 e. The molecule has 1 saturated heterocycles. The van der Waals surface area contributed by atoms with Crippen LogP contribution in [0.25, 0.3) is 6.08 Å². The van der Waals surface area contributed by atoms with Crippen LogP contribution in [0.5, 0.6) is 0 Å². The predicted molar refractivity (Wildman–Crippen MR) is 190 cm³/mol. The van der Waals surface area contributed by atoms with Crippen LogP contribution in [0.15, 0.2) is 104 Å². The zero-order chi connectivity index (χ0) is 36.2. The van der Waals surface area contributed by atoms with Gasteiger partial charge in [0.05, 0.1) is 18.8 Å². The van der Waals surface area contributed by atoms with E-state index < -0.39 is 23.7 Å². The van der Waals surface area contributed by atoms with Gasteiger partial charge in [0.2, 0.25) is 11.8 Å². The molecule has 0 bridgehead atoms. The summed E-state index contributed by atoms with van der Waals surface area (Å²) in [6, 6.07) is 21.2. The van der Waals surface area contributed by atoms with E-state index in [1.54, 1.807) is 29.2 Å². The number of halogens is 3. The van der Waals surface area contributed by atoms with Gasteiger partial charge in [0.25, 0.3) is 0 Å². The Bertz CT molecular complexity index is 1720. The summed E-state index contributed by atoms with van der Waals surface area (Å²) in [4.78, 5) is 44.2. The van der Waals surface area contributed by atoms with Crippen molar-refractivity contribution in [2.45, 2.75) is 31.7 Å². The van der Waals surface area contributed by atoms with Gasteiger partial charge in [0.15, 0.2) is 0 Å². The molecule has 0 aliphatic carbocycles. The number of hydrogen-bond donors (Lipinski definition) is 0. The van der Waals surface area contributed by atoms with E-state index in [9.17, 15) is 22.8 Å². The second kappa shape index (κ2) is 17.7. The standard InChI is InChI=1S/C39H43F3N6O3/c1-45(27-33-25-43-29-44-26-33)18-19-46(2)38(50)36(24-31-6-4-3-5-7-31)48(28-32-10-15-35(16-11-32)47-20-22-51-23-21-47)37(49)17-12-30-8-13-34(14-9-30)39(40,41)42/h3-17,25-26,29,36H,18-24,27-28H2,1-2H3/b17-12+/t36-/m0/s1. The summed E-state index contributed by atoms with van der Waals surface area (Å²) in [5, 5.41) is 0. The number of carbonyl (C=O) groups is 2. The molecule has 51 heavy (non-hydrogen) atoms. The minimum Gasteiger partial charge on any atom is -0.378 e. The van der Waals surface area contributed by atoms with Gasteiger partial charge in [0.1, 0.15) is 12.4 Å². The smallest absolute Gasteiger partial charge is 0.378 e. The summed E-state index contributed by atoms with van der Waals surface area (Å²) in [5.41, 5.74) is 3.38. The van der Waals surface area contributed by atoms with Crippen LogP contribution in [0.3, 0.4) is 0 Å². The maximum absolute atomic E-state index is 14.4. The number of nitrogens with zero attached hydrogens (tertiary/aromatic N) is 6. The molecule has 1 fully saturated rings. The third kappa shape index (κ3) is 11.0. The van der Waals surface area contributed by atoms with Crippen molar-refractivity contribution in [1.29, 1.82) is 0 Å². The van der Waals surface area contributed by atoms with Gasteiger partial charge in [-0.05, 0) is 54.1 Å². The van der Waals surface area contributed by atoms with Gasteiger partial charge in [-0.1, -0.05) is 54.6 Å². The highest BCUT2D eigenvalue weighted by molar-refractivity contribution is 5.95. The monoisotopic (exact) mass is 700 g/mol. The third-order valence-corrected chi connectivity index (χ3v) is 8.80. The van der Waals surface area contributed by atoms with Crippen LogP contribution in [0.1, 0.15) is 27.8 Å². The van der Waals surface area contributed by atoms with E-state index in [1.807, 2.05) is 61.6 Å². The highest BCUT2D eigenvalue weighted by Gasteiger charge is 2.32. The Hall–Kier alpha value is -5.07. The number of amides is 2. The summed E-state index contributed by atoms with van der Waals surface area (Å²) >= 11 is 0. The summed E-state index contributed by atoms with van der Waals surface area (Å²) in [6.45, 7) is 4.61. The summed E-state index contributed by atoms with van der Waals surface area (Å²) in [6.07, 6.45) is 3.60. The van der Waals surface area contributed by atoms with Crippen LogP contribution in [0.4, 0.5) is 18.9 Å². The van der Waals surface area contributed by atoms with Gasteiger partial charge in [-0.3, -0.25) is 9.59 Å². The Morgan fingerprint density at radius 1 is 0.843 bits per heavy atom. The lowest BCUT2D eigenvalue weighted by atomic mass is 10.0. The van der Waals surface area contributed by atoms with Crippen LogP contribution >= 0.6 is 0 Å². The number of carbonyl (C=O) groups excluding carboxylic acids is 2. The molecule has 1 aliphatic rings. The Balaban J connectivity index is 1.41. The molecular formula is C39H43F3N6O3. The highest BCUT2D eigenvalue weighted by Crippen LogP contribution is 2.29. The predicted octanol–water partition coefficient (Wildman–Crippen LogP) is 5.58. The summed E-state index contributed by atoms with van der Waals surface area (Å²) in [5.74, 6) is -0.660. The summed E-state index contributed by atoms with van der Waals surface area (Å²) < 4.78 is 44.9. The fourth-order valence-corrected chi connectivity index (χ4v) is 5.87. The van der Waals surface area contributed by atoms with Gasteiger partial charge in [-0.25, -0.2) is 9.97 Å². The first-order valence-electron chi connectivity index (χ1n) is 16.9. The van der Waals surface area contributed by atoms with Crippen LogP contribution in [-0.2, 0) is 40.0 Å². The SMILES string of the molecule is CN(CCN(C)C(=O)[C@H](Cc1ccccc1)N(Cc1ccc(N2CCOCC2)cc1)C(=O)/C=C/c1ccc(C(F)(F)F)cc1)Cc1cncnc1. The van der Waals surface area contributed by atoms with Crippen molar-refractivity contribution in [2.75, 3.05) is 58.4 Å². The molecule has 1 atom stereocenters. The molecule has 268 valence electrons. The maximum Gasteiger partial charge on any atom is 0.416 e. The van der Waals surface area contributed by atoms with Crippen molar-refractivity contribution in [3.05, 3.63) is 131 Å². The Kier molecular flexibility index (Phi) is 12.9. The lowest BCUT2D eigenvalue weighted by Crippen LogP contribution is -2.51. The lowest BCUT2D eigenvalue weighted by molar-refractivity contribution is -0.143. The first-order chi connectivity index (χ1) is 24.6. The first kappa shape index (κ1) is 37.2. The van der Waals surface area contributed by atoms with Crippen LogP contribution in [0.2, 0.25) is 0 Å². The van der Waals surface area contributed by atoms with E-state index in [4.69, 9.17) is 4.74 Å². The zero-order valence-electron chi connectivity index (χ0n) is 28.9. The van der Waals surface area contributed by atoms with Crippen molar-refractivity contribution in [2.24, 2.45) is 0 Å². The van der Waals surface area contributed by atoms with E-state index in [2.05, 4.69) is 19.8 Å². The van der Waals surface area contributed by atoms with Crippen LogP contribution < -0.4 is 4.90 Å². The number of likely N-dealkylation sites (N-methyl/N-ethyl adjacent to an activating group) is 2. The van der Waals surface area contributed by atoms with Gasteiger partial charge in [-0.15, -0.1) is 0 Å². The molecule has 0 unspecified atom stereocenters. The molecule has 5 rings (SSSR count). The minimum absolute atomic E-state index is 0.143. The number of aromatic nitrogens is 2. The Morgan fingerprint density at radius 2 is 1.51 bits per heavy atom. The molecule has 4 aromatic rings. The van der Waals surface area contributed by atoms with Crippen LogP contribution in [0, 0.1) is 0 Å². The van der Waals surface area contributed by atoms with Crippen molar-refractivity contribution in [3.8, 4) is 0 Å². The number of rotatable bonds is 14. The third-order valence-electron chi connectivity index (χ3n) is 8.80. The number of ether oxygens (including phenoxy) is 1. The van der Waals surface area contributed by atoms with Gasteiger partial charge in [-0.2, -0.15) is 13.2 Å². The Morgan fingerprint density at radius 3 is 2.16 bits per heavy atom. The molecule has 3 aromatic carbocycles. The molecule has 0 radical (unpaired) electrons. The average Bonchev–Trinajstić information content (AvgIpc) is 3.15. The van der Waals surface area contributed by atoms with E-state index in [0.29, 0.717) is 38.4 Å². The molecule has 9 nitrogen and oxygen atoms in total. The number of morpholine rings is 1. The topological polar surface area (TPSA) is 82.1 Å². The Labute approximate surface area is 297 Å². The minimum atomic E-state index is -4.46. The second-order valence-electron chi connectivity index (χ2n) is 12.6. The molecule has 2 amide bonds. The molecule has 1 aliphatic heterocycles. The molecule has 12 heteroatoms. The van der Waals surface area contributed by atoms with E-state index in [1.165, 1.54) is 30.6 Å². The fourth-order valence-electron chi connectivity index (χ4n) is 5.87. The van der Waals surface area contributed by atoms with Gasteiger partial charge >= 0.3 is 6.18 Å². The molecular weight excluding hydrogens is 657 g/mol. The molecule has 1 aromatic heterocycles. The van der Waals surface area contributed by atoms with Crippen molar-refractivity contribution < 1.29 is 27.5 Å². The normalized spacial score (nSPS) is 14.1.